The van der Waals surface area contributed by atoms with Crippen molar-refractivity contribution in [3.05, 3.63) is 123 Å². The van der Waals surface area contributed by atoms with Gasteiger partial charge < -0.3 is 21.5 Å². The van der Waals surface area contributed by atoms with Crippen molar-refractivity contribution >= 4 is 35.1 Å². The Morgan fingerprint density at radius 3 is 2.50 bits per heavy atom. The van der Waals surface area contributed by atoms with Crippen LogP contribution >= 0.6 is 23.2 Å². The van der Waals surface area contributed by atoms with Crippen LogP contribution in [0.4, 0.5) is 0 Å². The van der Waals surface area contributed by atoms with Crippen LogP contribution in [0.15, 0.2) is 89.7 Å². The minimum atomic E-state index is 0.121. The minimum absolute atomic E-state index is 0.121. The van der Waals surface area contributed by atoms with E-state index in [0.717, 1.165) is 61.4 Å². The molecule has 0 bridgehead atoms. The fraction of sp³-hybridized carbons (Fsp3) is 0.303. The van der Waals surface area contributed by atoms with Gasteiger partial charge in [-0.15, -0.1) is 0 Å². The molecule has 0 fully saturated rings. The molecule has 0 amide bonds. The van der Waals surface area contributed by atoms with E-state index in [4.69, 9.17) is 39.4 Å². The zero-order chi connectivity index (χ0) is 28.9. The average molecular weight is 580 g/mol. The highest BCUT2D eigenvalue weighted by Gasteiger charge is 2.26. The smallest absolute Gasteiger partial charge is 0.116 e. The number of hydrogen-bond donors (Lipinski definition) is 3. The molecule has 0 saturated carbocycles. The molecule has 3 aromatic carbocycles. The molecule has 0 heterocycles. The fourth-order valence-electron chi connectivity index (χ4n) is 4.47. The number of fused-ring (bicyclic) bond motifs is 1. The number of aliphatic imine (C=N–C) groups is 1. The fourth-order valence-corrected chi connectivity index (χ4v) is 4.78. The Morgan fingerprint density at radius 1 is 1.05 bits per heavy atom. The summed E-state index contributed by atoms with van der Waals surface area (Å²) in [5, 5.41) is 4.47. The summed E-state index contributed by atoms with van der Waals surface area (Å²) < 4.78 is 5.39. The van der Waals surface area contributed by atoms with Crippen molar-refractivity contribution in [1.29, 1.82) is 0 Å². The molecule has 0 saturated heterocycles. The third-order valence-corrected chi connectivity index (χ3v) is 7.35. The minimum Gasteiger partial charge on any atom is -0.398 e. The van der Waals surface area contributed by atoms with Gasteiger partial charge in [-0.2, -0.15) is 0 Å². The van der Waals surface area contributed by atoms with Crippen molar-refractivity contribution in [3.63, 3.8) is 0 Å². The molecular formula is C33H40Cl2N4O. The van der Waals surface area contributed by atoms with Crippen LogP contribution in [-0.2, 0) is 11.2 Å². The number of nitrogens with zero attached hydrogens (tertiary/aromatic N) is 1. The van der Waals surface area contributed by atoms with Gasteiger partial charge >= 0.3 is 0 Å². The summed E-state index contributed by atoms with van der Waals surface area (Å²) in [7, 11) is 0. The van der Waals surface area contributed by atoms with Crippen molar-refractivity contribution in [1.82, 2.24) is 5.32 Å². The summed E-state index contributed by atoms with van der Waals surface area (Å²) >= 11 is 12.3. The first-order valence-electron chi connectivity index (χ1n) is 13.7. The lowest BCUT2D eigenvalue weighted by atomic mass is 9.78. The Morgan fingerprint density at radius 2 is 1.80 bits per heavy atom. The van der Waals surface area contributed by atoms with Crippen molar-refractivity contribution in [2.75, 3.05) is 26.3 Å². The van der Waals surface area contributed by atoms with E-state index in [0.29, 0.717) is 22.2 Å². The van der Waals surface area contributed by atoms with Crippen molar-refractivity contribution in [2.24, 2.45) is 16.5 Å². The first-order valence-corrected chi connectivity index (χ1v) is 14.4. The van der Waals surface area contributed by atoms with Gasteiger partial charge in [-0.3, -0.25) is 0 Å². The van der Waals surface area contributed by atoms with Crippen LogP contribution in [0.3, 0.4) is 0 Å². The number of benzene rings is 3. The standard InChI is InChI=1S/C19H17Cl2N3.C14H23NO/c1-11(22)24-10-13-8-16(12-6-7-17(20)18(21)9-12)14-4-2-3-5-15(14)19(13)23;1-3-11-16-12-10-15-9-8-14-6-4-13(2)5-7-14/h2-7,9-10,16H,1,8,22-23H2;4-7,15H,3,8-12H2,1-2H3/b24-10-;. The maximum absolute atomic E-state index is 6.34. The molecule has 1 unspecified atom stereocenters. The maximum Gasteiger partial charge on any atom is 0.116 e. The number of aryl methyl sites for hydroxylation is 1. The molecule has 1 atom stereocenters. The normalized spacial score (nSPS) is 14.6. The molecule has 0 spiro atoms. The van der Waals surface area contributed by atoms with E-state index in [1.807, 2.05) is 36.4 Å². The second-order valence-corrected chi connectivity index (χ2v) is 10.6. The van der Waals surface area contributed by atoms with Crippen molar-refractivity contribution in [2.45, 2.75) is 39.0 Å². The van der Waals surface area contributed by atoms with Gasteiger partial charge in [0.25, 0.3) is 0 Å². The SMILES string of the molecule is C=C(N)/N=C\C1=C(N)c2ccccc2C(c2ccc(Cl)c(Cl)c2)C1.CCCOCCNCCc1ccc(C)cc1. The summed E-state index contributed by atoms with van der Waals surface area (Å²) in [5.41, 5.74) is 19.5. The molecule has 212 valence electrons. The number of allylic oxidation sites excluding steroid dienone is 1. The van der Waals surface area contributed by atoms with Gasteiger partial charge in [-0.25, -0.2) is 4.99 Å². The lowest BCUT2D eigenvalue weighted by Gasteiger charge is -2.28. The third kappa shape index (κ3) is 9.53. The molecule has 0 aromatic heterocycles. The Labute approximate surface area is 248 Å². The van der Waals surface area contributed by atoms with E-state index < -0.39 is 0 Å². The van der Waals surface area contributed by atoms with Crippen molar-refractivity contribution < 1.29 is 4.74 Å². The Bertz CT molecular complexity index is 1320. The van der Waals surface area contributed by atoms with Gasteiger partial charge in [0, 0.05) is 36.5 Å². The molecule has 5 N–H and O–H groups in total. The molecule has 4 rings (SSSR count). The zero-order valence-corrected chi connectivity index (χ0v) is 24.9. The lowest BCUT2D eigenvalue weighted by Crippen LogP contribution is -2.22. The highest BCUT2D eigenvalue weighted by atomic mass is 35.5. The molecule has 3 aromatic rings. The average Bonchev–Trinajstić information content (AvgIpc) is 2.95. The number of hydrogen-bond acceptors (Lipinski definition) is 5. The first-order chi connectivity index (χ1) is 19.3. The van der Waals surface area contributed by atoms with Gasteiger partial charge in [0.2, 0.25) is 0 Å². The number of nitrogens with one attached hydrogen (secondary N) is 1. The van der Waals surface area contributed by atoms with E-state index in [9.17, 15) is 0 Å². The molecule has 1 aliphatic carbocycles. The number of halogens is 2. The summed E-state index contributed by atoms with van der Waals surface area (Å²) in [5.74, 6) is 0.371. The van der Waals surface area contributed by atoms with Crippen LogP contribution in [0.2, 0.25) is 10.0 Å². The van der Waals surface area contributed by atoms with E-state index in [-0.39, 0.29) is 11.7 Å². The molecule has 0 radical (unpaired) electrons. The van der Waals surface area contributed by atoms with E-state index in [1.165, 1.54) is 11.1 Å². The van der Waals surface area contributed by atoms with E-state index in [2.05, 4.69) is 61.1 Å². The Hall–Kier alpha value is -3.09. The van der Waals surface area contributed by atoms with E-state index >= 15 is 0 Å². The predicted molar refractivity (Wildman–Crippen MR) is 171 cm³/mol. The third-order valence-electron chi connectivity index (χ3n) is 6.61. The molecule has 1 aliphatic rings. The molecule has 40 heavy (non-hydrogen) atoms. The lowest BCUT2D eigenvalue weighted by molar-refractivity contribution is 0.137. The maximum atomic E-state index is 6.34. The van der Waals surface area contributed by atoms with Crippen LogP contribution in [0.5, 0.6) is 0 Å². The molecule has 7 heteroatoms. The van der Waals surface area contributed by atoms with Crippen LogP contribution in [0.25, 0.3) is 5.70 Å². The largest absolute Gasteiger partial charge is 0.398 e. The summed E-state index contributed by atoms with van der Waals surface area (Å²) in [6, 6.07) is 22.5. The highest BCUT2D eigenvalue weighted by Crippen LogP contribution is 2.41. The Kier molecular flexibility index (Phi) is 12.8. The highest BCUT2D eigenvalue weighted by molar-refractivity contribution is 6.42. The van der Waals surface area contributed by atoms with Crippen LogP contribution < -0.4 is 16.8 Å². The zero-order valence-electron chi connectivity index (χ0n) is 23.4. The summed E-state index contributed by atoms with van der Waals surface area (Å²) in [6.45, 7) is 11.5. The topological polar surface area (TPSA) is 85.7 Å². The van der Waals surface area contributed by atoms with Gasteiger partial charge in [0.15, 0.2) is 0 Å². The predicted octanol–water partition coefficient (Wildman–Crippen LogP) is 7.25. The van der Waals surface area contributed by atoms with Gasteiger partial charge in [-0.05, 0) is 67.1 Å². The van der Waals surface area contributed by atoms with Gasteiger partial charge in [0.05, 0.1) is 16.7 Å². The monoisotopic (exact) mass is 578 g/mol. The number of nitrogens with two attached hydrogens (primary N) is 2. The second kappa shape index (κ2) is 16.2. The Balaban J connectivity index is 0.000000241. The second-order valence-electron chi connectivity index (χ2n) is 9.80. The number of rotatable bonds is 11. The van der Waals surface area contributed by atoms with Crippen LogP contribution in [0, 0.1) is 6.92 Å². The van der Waals surface area contributed by atoms with Gasteiger partial charge in [0.1, 0.15) is 5.82 Å². The van der Waals surface area contributed by atoms with Crippen molar-refractivity contribution in [3.8, 4) is 0 Å². The first kappa shape index (κ1) is 31.4. The summed E-state index contributed by atoms with van der Waals surface area (Å²) in [4.78, 5) is 4.10. The van der Waals surface area contributed by atoms with Crippen LogP contribution in [0.1, 0.15) is 53.5 Å². The van der Waals surface area contributed by atoms with Crippen LogP contribution in [-0.4, -0.2) is 32.5 Å². The molecular weight excluding hydrogens is 539 g/mol. The van der Waals surface area contributed by atoms with Gasteiger partial charge in [-0.1, -0.05) is 96.9 Å². The molecule has 5 nitrogen and oxygen atoms in total. The van der Waals surface area contributed by atoms with E-state index in [1.54, 1.807) is 6.21 Å². The molecule has 0 aliphatic heterocycles. The quantitative estimate of drug-likeness (QED) is 0.165. The summed E-state index contributed by atoms with van der Waals surface area (Å²) in [6.07, 6.45) is 4.59. The number of ether oxygens (including phenoxy) is 1.